The zero-order valence-electron chi connectivity index (χ0n) is 16.5. The van der Waals surface area contributed by atoms with E-state index in [0.29, 0.717) is 17.9 Å². The van der Waals surface area contributed by atoms with Crippen LogP contribution in [-0.4, -0.2) is 29.1 Å². The van der Waals surface area contributed by atoms with Gasteiger partial charge in [0.05, 0.1) is 15.4 Å². The molecule has 3 rings (SSSR count). The summed E-state index contributed by atoms with van der Waals surface area (Å²) in [7, 11) is 1.33. The minimum absolute atomic E-state index is 0.223. The molecule has 2 aromatic carbocycles. The Labute approximate surface area is 164 Å². The van der Waals surface area contributed by atoms with Crippen LogP contribution in [-0.2, 0) is 4.74 Å². The van der Waals surface area contributed by atoms with E-state index in [1.807, 2.05) is 19.1 Å². The summed E-state index contributed by atoms with van der Waals surface area (Å²) in [5.74, 6) is 1.24. The largest absolute Gasteiger partial charge is 0.494 e. The molecule has 2 aromatic rings. The van der Waals surface area contributed by atoms with Crippen molar-refractivity contribution in [2.75, 3.05) is 20.3 Å². The first kappa shape index (κ1) is 20.1. The highest BCUT2D eigenvalue weighted by Crippen LogP contribution is 2.30. The van der Waals surface area contributed by atoms with E-state index in [4.69, 9.17) is 9.47 Å². The Morgan fingerprint density at radius 2 is 1.81 bits per heavy atom. The molecule has 1 radical (unpaired) electrons. The normalized spacial score (nSPS) is 15.8. The molecule has 145 valence electrons. The average molecular weight is 386 g/mol. The third kappa shape index (κ3) is 5.42. The summed E-state index contributed by atoms with van der Waals surface area (Å²) in [5, 5.41) is 1.49. The minimum Gasteiger partial charge on any atom is -0.494 e. The molecule has 0 N–H and O–H groups in total. The molecule has 1 aliphatic heterocycles. The predicted octanol–water partition coefficient (Wildman–Crippen LogP) is 5.43. The zero-order chi connectivity index (χ0) is 19.1. The van der Waals surface area contributed by atoms with Crippen molar-refractivity contribution < 1.29 is 13.9 Å². The Bertz CT molecular complexity index is 709. The standard InChI is InChI=1S/C23H30FO2Si/c1-3-26-20-8-11-22(23(24)17-20)19-6-9-21(10-7-19)27-15-12-18(13-16-27)5-4-14-25-2/h6-11,17-18H,3-5,12-16H2,1-2H3. The van der Waals surface area contributed by atoms with Crippen LogP contribution in [0.2, 0.25) is 12.1 Å². The van der Waals surface area contributed by atoms with Crippen LogP contribution in [0, 0.1) is 11.7 Å². The lowest BCUT2D eigenvalue weighted by Gasteiger charge is -2.27. The van der Waals surface area contributed by atoms with E-state index in [0.717, 1.165) is 18.1 Å². The van der Waals surface area contributed by atoms with E-state index in [1.54, 1.807) is 7.11 Å². The van der Waals surface area contributed by atoms with Crippen molar-refractivity contribution in [2.24, 2.45) is 5.92 Å². The summed E-state index contributed by atoms with van der Waals surface area (Å²) < 4.78 is 24.9. The van der Waals surface area contributed by atoms with Crippen molar-refractivity contribution in [3.8, 4) is 16.9 Å². The van der Waals surface area contributed by atoms with E-state index >= 15 is 0 Å². The maximum atomic E-state index is 14.4. The number of methoxy groups -OCH3 is 1. The second kappa shape index (κ2) is 10.0. The van der Waals surface area contributed by atoms with E-state index < -0.39 is 8.80 Å². The van der Waals surface area contributed by atoms with Gasteiger partial charge in [-0.15, -0.1) is 0 Å². The molecule has 1 saturated heterocycles. The first-order valence-electron chi connectivity index (χ1n) is 10.1. The number of benzene rings is 2. The molecule has 27 heavy (non-hydrogen) atoms. The van der Waals surface area contributed by atoms with Crippen LogP contribution in [0.15, 0.2) is 42.5 Å². The number of rotatable bonds is 8. The summed E-state index contributed by atoms with van der Waals surface area (Å²) in [5.41, 5.74) is 1.58. The van der Waals surface area contributed by atoms with Gasteiger partial charge in [-0.25, -0.2) is 4.39 Å². The van der Waals surface area contributed by atoms with Gasteiger partial charge in [0.1, 0.15) is 11.6 Å². The first-order valence-corrected chi connectivity index (χ1v) is 12.0. The predicted molar refractivity (Wildman–Crippen MR) is 112 cm³/mol. The smallest absolute Gasteiger partial charge is 0.134 e. The van der Waals surface area contributed by atoms with E-state index in [9.17, 15) is 4.39 Å². The monoisotopic (exact) mass is 385 g/mol. The summed E-state index contributed by atoms with van der Waals surface area (Å²) in [4.78, 5) is 0. The highest BCUT2D eigenvalue weighted by atomic mass is 28.3. The highest BCUT2D eigenvalue weighted by Gasteiger charge is 2.23. The van der Waals surface area contributed by atoms with Crippen LogP contribution in [0.1, 0.15) is 32.6 Å². The molecule has 2 nitrogen and oxygen atoms in total. The van der Waals surface area contributed by atoms with Crippen molar-refractivity contribution in [2.45, 2.75) is 44.7 Å². The van der Waals surface area contributed by atoms with Gasteiger partial charge < -0.3 is 9.47 Å². The Morgan fingerprint density at radius 1 is 1.07 bits per heavy atom. The second-order valence-electron chi connectivity index (χ2n) is 7.33. The molecule has 4 heteroatoms. The van der Waals surface area contributed by atoms with Crippen LogP contribution < -0.4 is 9.92 Å². The zero-order valence-corrected chi connectivity index (χ0v) is 17.5. The highest BCUT2D eigenvalue weighted by molar-refractivity contribution is 6.73. The van der Waals surface area contributed by atoms with Gasteiger partial charge in [-0.3, -0.25) is 0 Å². The number of ether oxygens (including phenoxy) is 2. The summed E-state index contributed by atoms with van der Waals surface area (Å²) in [6.45, 7) is 3.34. The molecule has 0 spiro atoms. The fourth-order valence-corrected chi connectivity index (χ4v) is 6.97. The summed E-state index contributed by atoms with van der Waals surface area (Å²) in [6, 6.07) is 16.5. The van der Waals surface area contributed by atoms with Crippen molar-refractivity contribution in [1.82, 2.24) is 0 Å². The van der Waals surface area contributed by atoms with Crippen molar-refractivity contribution >= 4 is 14.0 Å². The number of hydrogen-bond acceptors (Lipinski definition) is 2. The molecular weight excluding hydrogens is 355 g/mol. The molecule has 0 atom stereocenters. The van der Waals surface area contributed by atoms with Crippen molar-refractivity contribution in [3.63, 3.8) is 0 Å². The third-order valence-corrected chi connectivity index (χ3v) is 8.46. The molecule has 0 unspecified atom stereocenters. The molecule has 1 aliphatic rings. The number of halogens is 1. The molecule has 0 amide bonds. The van der Waals surface area contributed by atoms with Crippen LogP contribution in [0.3, 0.4) is 0 Å². The van der Waals surface area contributed by atoms with Crippen LogP contribution >= 0.6 is 0 Å². The van der Waals surface area contributed by atoms with E-state index in [1.165, 1.54) is 49.0 Å². The maximum Gasteiger partial charge on any atom is 0.134 e. The van der Waals surface area contributed by atoms with Gasteiger partial charge in [-0.05, 0) is 43.4 Å². The summed E-state index contributed by atoms with van der Waals surface area (Å²) in [6.07, 6.45) is 5.20. The molecule has 0 saturated carbocycles. The fourth-order valence-electron chi connectivity index (χ4n) is 3.99. The van der Waals surface area contributed by atoms with E-state index in [-0.39, 0.29) is 5.82 Å². The first-order chi connectivity index (χ1) is 13.2. The Kier molecular flexibility index (Phi) is 7.47. The van der Waals surface area contributed by atoms with Crippen molar-refractivity contribution in [1.29, 1.82) is 0 Å². The Balaban J connectivity index is 1.60. The quantitative estimate of drug-likeness (QED) is 0.446. The van der Waals surface area contributed by atoms with Gasteiger partial charge in [-0.2, -0.15) is 0 Å². The lowest BCUT2D eigenvalue weighted by molar-refractivity contribution is 0.185. The Morgan fingerprint density at radius 3 is 2.44 bits per heavy atom. The van der Waals surface area contributed by atoms with Gasteiger partial charge in [0.2, 0.25) is 0 Å². The van der Waals surface area contributed by atoms with Crippen LogP contribution in [0.5, 0.6) is 5.75 Å². The van der Waals surface area contributed by atoms with Crippen LogP contribution in [0.4, 0.5) is 4.39 Å². The minimum atomic E-state index is -0.455. The maximum absolute atomic E-state index is 14.4. The molecular formula is C23H30FO2Si. The van der Waals surface area contributed by atoms with Crippen molar-refractivity contribution in [3.05, 3.63) is 48.3 Å². The SMILES string of the molecule is CCOc1ccc(-c2ccc([Si]3CCC(CCCOC)CC3)cc2)c(F)c1. The third-order valence-electron chi connectivity index (χ3n) is 5.53. The van der Waals surface area contributed by atoms with Gasteiger partial charge in [-0.1, -0.05) is 54.4 Å². The molecule has 0 aromatic heterocycles. The fraction of sp³-hybridized carbons (Fsp3) is 0.478. The van der Waals surface area contributed by atoms with E-state index in [2.05, 4.69) is 24.3 Å². The lowest BCUT2D eigenvalue weighted by Crippen LogP contribution is -2.33. The second-order valence-corrected chi connectivity index (χ2v) is 10.1. The van der Waals surface area contributed by atoms with Gasteiger partial charge in [0.15, 0.2) is 0 Å². The van der Waals surface area contributed by atoms with Crippen LogP contribution in [0.25, 0.3) is 11.1 Å². The topological polar surface area (TPSA) is 18.5 Å². The Hall–Kier alpha value is -1.65. The average Bonchev–Trinajstić information content (AvgIpc) is 2.69. The molecule has 1 heterocycles. The number of hydrogen-bond donors (Lipinski definition) is 0. The van der Waals surface area contributed by atoms with Gasteiger partial charge >= 0.3 is 0 Å². The molecule has 1 fully saturated rings. The van der Waals surface area contributed by atoms with Gasteiger partial charge in [0.25, 0.3) is 0 Å². The molecule has 0 bridgehead atoms. The van der Waals surface area contributed by atoms with Gasteiger partial charge in [0, 0.05) is 25.3 Å². The lowest BCUT2D eigenvalue weighted by atomic mass is 9.97. The molecule has 0 aliphatic carbocycles. The summed E-state index contributed by atoms with van der Waals surface area (Å²) >= 11 is 0.